The fraction of sp³-hybridized carbons (Fsp3) is 0.222. The molecule has 0 radical (unpaired) electrons. The van der Waals surface area contributed by atoms with E-state index in [1.54, 1.807) is 38.2 Å². The third-order valence-corrected chi connectivity index (χ3v) is 3.87. The van der Waals surface area contributed by atoms with Crippen LogP contribution in [-0.2, 0) is 16.6 Å². The third-order valence-electron chi connectivity index (χ3n) is 3.87. The lowest BCUT2D eigenvalue weighted by molar-refractivity contribution is -0.142. The highest BCUT2D eigenvalue weighted by Crippen LogP contribution is 2.23. The van der Waals surface area contributed by atoms with Crippen LogP contribution in [0.4, 0.5) is 5.69 Å². The predicted octanol–water partition coefficient (Wildman–Crippen LogP) is 1.64. The number of amides is 1. The Morgan fingerprint density at radius 3 is 2.63 bits per heavy atom. The Morgan fingerprint density at radius 2 is 1.96 bits per heavy atom. The number of nitrogens with one attached hydrogen (secondary N) is 1. The summed E-state index contributed by atoms with van der Waals surface area (Å²) in [4.78, 5) is 40.1. The van der Waals surface area contributed by atoms with Gasteiger partial charge in [0.2, 0.25) is 5.71 Å². The van der Waals surface area contributed by atoms with Crippen LogP contribution in [0.25, 0.3) is 11.1 Å². The molecule has 0 aliphatic heterocycles. The second-order valence-corrected chi connectivity index (χ2v) is 5.72. The Morgan fingerprint density at radius 1 is 1.26 bits per heavy atom. The number of furan rings is 1. The molecule has 3 rings (SSSR count). The highest BCUT2D eigenvalue weighted by molar-refractivity contribution is 6.12. The second kappa shape index (κ2) is 7.32. The van der Waals surface area contributed by atoms with Crippen molar-refractivity contribution >= 4 is 28.7 Å². The van der Waals surface area contributed by atoms with E-state index >= 15 is 0 Å². The molecule has 2 heterocycles. The molecule has 140 valence electrons. The summed E-state index contributed by atoms with van der Waals surface area (Å²) in [6, 6.07) is 6.41. The van der Waals surface area contributed by atoms with E-state index < -0.39 is 11.9 Å². The zero-order chi connectivity index (χ0) is 19.6. The number of aryl methyl sites for hydroxylation is 2. The van der Waals surface area contributed by atoms with E-state index in [-0.39, 0.29) is 28.8 Å². The molecule has 9 nitrogen and oxygen atoms in total. The van der Waals surface area contributed by atoms with Crippen LogP contribution < -0.4 is 15.6 Å². The van der Waals surface area contributed by atoms with Crippen LogP contribution >= 0.6 is 0 Å². The Hall–Kier alpha value is -3.62. The van der Waals surface area contributed by atoms with E-state index in [9.17, 15) is 14.4 Å². The molecule has 1 N–H and O–H groups in total. The van der Waals surface area contributed by atoms with E-state index in [1.165, 1.54) is 18.0 Å². The third kappa shape index (κ3) is 3.66. The van der Waals surface area contributed by atoms with Gasteiger partial charge in [-0.25, -0.2) is 9.78 Å². The number of fused-ring (bicyclic) bond motifs is 1. The predicted molar refractivity (Wildman–Crippen MR) is 95.9 cm³/mol. The van der Waals surface area contributed by atoms with Crippen LogP contribution in [0.3, 0.4) is 0 Å². The van der Waals surface area contributed by atoms with Crippen LogP contribution in [0, 0.1) is 6.92 Å². The Labute approximate surface area is 153 Å². The van der Waals surface area contributed by atoms with Gasteiger partial charge in [0.1, 0.15) is 23.2 Å². The zero-order valence-electron chi connectivity index (χ0n) is 14.9. The molecule has 1 aromatic carbocycles. The summed E-state index contributed by atoms with van der Waals surface area (Å²) in [6.07, 6.45) is 1.34. The number of nitrogens with zero attached hydrogens (tertiary/aromatic N) is 2. The molecule has 0 saturated heterocycles. The topological polar surface area (TPSA) is 113 Å². The number of esters is 1. The molecule has 9 heteroatoms. The lowest BCUT2D eigenvalue weighted by Crippen LogP contribution is -2.20. The van der Waals surface area contributed by atoms with Gasteiger partial charge in [-0.1, -0.05) is 0 Å². The van der Waals surface area contributed by atoms with Gasteiger partial charge < -0.3 is 23.8 Å². The molecule has 0 spiro atoms. The maximum atomic E-state index is 12.7. The molecule has 0 saturated carbocycles. The number of carbonyl (C=O) groups is 2. The minimum absolute atomic E-state index is 0.118. The molecule has 0 atom stereocenters. The van der Waals surface area contributed by atoms with Gasteiger partial charge in [-0.3, -0.25) is 9.59 Å². The van der Waals surface area contributed by atoms with Gasteiger partial charge in [0, 0.05) is 12.7 Å². The molecule has 3 aromatic rings. The van der Waals surface area contributed by atoms with E-state index in [2.05, 4.69) is 15.0 Å². The number of ether oxygens (including phenoxy) is 2. The number of carbonyl (C=O) groups excluding carboxylic acids is 2. The molecule has 1 amide bonds. The monoisotopic (exact) mass is 371 g/mol. The number of methoxy groups -OCH3 is 1. The molecule has 0 unspecified atom stereocenters. The van der Waals surface area contributed by atoms with Gasteiger partial charge >= 0.3 is 5.97 Å². The van der Waals surface area contributed by atoms with Crippen molar-refractivity contribution in [1.29, 1.82) is 0 Å². The minimum Gasteiger partial charge on any atom is -0.482 e. The summed E-state index contributed by atoms with van der Waals surface area (Å²) in [5, 5.41) is 2.84. The summed E-state index contributed by atoms with van der Waals surface area (Å²) < 4.78 is 16.4. The van der Waals surface area contributed by atoms with Crippen molar-refractivity contribution in [2.75, 3.05) is 19.0 Å². The molecule has 0 aliphatic rings. The zero-order valence-corrected chi connectivity index (χ0v) is 14.9. The summed E-state index contributed by atoms with van der Waals surface area (Å²) in [6.45, 7) is 1.39. The van der Waals surface area contributed by atoms with Crippen molar-refractivity contribution in [3.63, 3.8) is 0 Å². The van der Waals surface area contributed by atoms with Gasteiger partial charge in [0.25, 0.3) is 11.5 Å². The number of hydrogen-bond donors (Lipinski definition) is 1. The molecule has 27 heavy (non-hydrogen) atoms. The van der Waals surface area contributed by atoms with Crippen molar-refractivity contribution in [1.82, 2.24) is 9.55 Å². The van der Waals surface area contributed by atoms with Crippen molar-refractivity contribution in [2.45, 2.75) is 6.92 Å². The number of anilines is 1. The van der Waals surface area contributed by atoms with Gasteiger partial charge in [0.05, 0.1) is 12.7 Å². The van der Waals surface area contributed by atoms with Gasteiger partial charge in [0.15, 0.2) is 6.61 Å². The number of hydrogen-bond acceptors (Lipinski definition) is 7. The van der Waals surface area contributed by atoms with Crippen LogP contribution in [0.15, 0.2) is 39.8 Å². The van der Waals surface area contributed by atoms with E-state index in [0.717, 1.165) is 0 Å². The van der Waals surface area contributed by atoms with Crippen LogP contribution in [0.5, 0.6) is 5.75 Å². The first kappa shape index (κ1) is 18.2. The fourth-order valence-corrected chi connectivity index (χ4v) is 2.49. The molecular formula is C18H17N3O6. The molecule has 2 aromatic heterocycles. The van der Waals surface area contributed by atoms with Gasteiger partial charge in [-0.15, -0.1) is 0 Å². The largest absolute Gasteiger partial charge is 0.482 e. The number of benzene rings is 1. The average molecular weight is 371 g/mol. The van der Waals surface area contributed by atoms with Crippen molar-refractivity contribution in [2.24, 2.45) is 7.05 Å². The second-order valence-electron chi connectivity index (χ2n) is 5.72. The quantitative estimate of drug-likeness (QED) is 0.678. The molecule has 0 fully saturated rings. The normalized spacial score (nSPS) is 10.6. The summed E-state index contributed by atoms with van der Waals surface area (Å²) in [5.41, 5.74) is 0.380. The Balaban J connectivity index is 1.81. The lowest BCUT2D eigenvalue weighted by Gasteiger charge is -2.07. The van der Waals surface area contributed by atoms with Crippen LogP contribution in [0.1, 0.15) is 16.1 Å². The highest BCUT2D eigenvalue weighted by atomic mass is 16.6. The smallest absolute Gasteiger partial charge is 0.343 e. The van der Waals surface area contributed by atoms with Crippen molar-refractivity contribution in [3.05, 3.63) is 52.3 Å². The minimum atomic E-state index is -0.495. The summed E-state index contributed by atoms with van der Waals surface area (Å²) in [5.74, 6) is -0.234. The number of aromatic nitrogens is 2. The fourth-order valence-electron chi connectivity index (χ4n) is 2.49. The number of rotatable bonds is 5. The van der Waals surface area contributed by atoms with Gasteiger partial charge in [-0.2, -0.15) is 0 Å². The SMILES string of the molecule is COC(=O)COc1ccc(NC(=O)c2c(C)oc3ncn(C)c(=O)c23)cc1. The highest BCUT2D eigenvalue weighted by Gasteiger charge is 2.22. The first-order chi connectivity index (χ1) is 12.9. The standard InChI is InChI=1S/C18H17N3O6/c1-10-14(15-17(27-10)19-9-21(2)18(15)24)16(23)20-11-4-6-12(7-5-11)26-8-13(22)25-3/h4-7,9H,8H2,1-3H3,(H,20,23). The first-order valence-corrected chi connectivity index (χ1v) is 7.96. The van der Waals surface area contributed by atoms with Crippen LogP contribution in [-0.4, -0.2) is 35.1 Å². The van der Waals surface area contributed by atoms with E-state index in [1.807, 2.05) is 0 Å². The van der Waals surface area contributed by atoms with Crippen molar-refractivity contribution < 1.29 is 23.5 Å². The van der Waals surface area contributed by atoms with Gasteiger partial charge in [-0.05, 0) is 31.2 Å². The average Bonchev–Trinajstić information content (AvgIpc) is 3.00. The maximum absolute atomic E-state index is 12.7. The Kier molecular flexibility index (Phi) is 4.93. The Bertz CT molecular complexity index is 1070. The maximum Gasteiger partial charge on any atom is 0.343 e. The molecule has 0 bridgehead atoms. The summed E-state index contributed by atoms with van der Waals surface area (Å²) in [7, 11) is 2.82. The van der Waals surface area contributed by atoms with E-state index in [0.29, 0.717) is 17.2 Å². The summed E-state index contributed by atoms with van der Waals surface area (Å²) >= 11 is 0. The molecule has 0 aliphatic carbocycles. The van der Waals surface area contributed by atoms with E-state index in [4.69, 9.17) is 9.15 Å². The lowest BCUT2D eigenvalue weighted by atomic mass is 10.1. The van der Waals surface area contributed by atoms with Crippen molar-refractivity contribution in [3.8, 4) is 5.75 Å². The molecular weight excluding hydrogens is 354 g/mol. The van der Waals surface area contributed by atoms with Crippen LogP contribution in [0.2, 0.25) is 0 Å². The first-order valence-electron chi connectivity index (χ1n) is 7.96.